The topological polar surface area (TPSA) is 74.3 Å². The molecule has 0 bridgehead atoms. The molecule has 0 aromatic carbocycles. The van der Waals surface area contributed by atoms with E-state index in [1.807, 2.05) is 6.92 Å². The molecule has 6 nitrogen and oxygen atoms in total. The monoisotopic (exact) mass is 378 g/mol. The van der Waals surface area contributed by atoms with Crippen molar-refractivity contribution >= 4 is 31.8 Å². The van der Waals surface area contributed by atoms with Gasteiger partial charge < -0.3 is 10.2 Å². The predicted octanol–water partition coefficient (Wildman–Crippen LogP) is 1.90. The van der Waals surface area contributed by atoms with Gasteiger partial charge in [-0.05, 0) is 42.0 Å². The summed E-state index contributed by atoms with van der Waals surface area (Å²) in [6.07, 6.45) is 1.58. The van der Waals surface area contributed by atoms with Gasteiger partial charge in [-0.15, -0.1) is 0 Å². The lowest BCUT2D eigenvalue weighted by molar-refractivity contribution is 0.309. The van der Waals surface area contributed by atoms with Crippen LogP contribution in [0, 0.1) is 0 Å². The highest BCUT2D eigenvalue weighted by atomic mass is 79.9. The number of anilines is 1. The average molecular weight is 379 g/mol. The van der Waals surface area contributed by atoms with Crippen LogP contribution in [0.1, 0.15) is 20.8 Å². The molecular weight excluding hydrogens is 356 g/mol. The van der Waals surface area contributed by atoms with Crippen LogP contribution in [0.3, 0.4) is 0 Å². The van der Waals surface area contributed by atoms with Crippen molar-refractivity contribution in [3.05, 3.63) is 16.7 Å². The SMILES string of the molecule is CCNc1ncc(Br)cc1S(=O)(=O)NCCN(CC)CC. The van der Waals surface area contributed by atoms with E-state index in [2.05, 4.69) is 49.7 Å². The third kappa shape index (κ3) is 5.54. The van der Waals surface area contributed by atoms with Crippen molar-refractivity contribution in [3.8, 4) is 0 Å². The lowest BCUT2D eigenvalue weighted by Crippen LogP contribution is -2.35. The largest absolute Gasteiger partial charge is 0.369 e. The van der Waals surface area contributed by atoms with Gasteiger partial charge in [-0.25, -0.2) is 18.1 Å². The summed E-state index contributed by atoms with van der Waals surface area (Å²) in [5.74, 6) is 0.371. The second kappa shape index (κ2) is 8.67. The number of aromatic nitrogens is 1. The van der Waals surface area contributed by atoms with Crippen molar-refractivity contribution in [1.82, 2.24) is 14.6 Å². The van der Waals surface area contributed by atoms with Crippen LogP contribution >= 0.6 is 15.9 Å². The van der Waals surface area contributed by atoms with E-state index in [1.54, 1.807) is 12.3 Å². The first-order chi connectivity index (χ1) is 9.94. The van der Waals surface area contributed by atoms with E-state index in [0.717, 1.165) is 13.1 Å². The lowest BCUT2D eigenvalue weighted by Gasteiger charge is -2.18. The molecule has 120 valence electrons. The van der Waals surface area contributed by atoms with Gasteiger partial charge in [0.25, 0.3) is 0 Å². The number of hydrogen-bond acceptors (Lipinski definition) is 5. The average Bonchev–Trinajstić information content (AvgIpc) is 2.45. The molecular formula is C13H23BrN4O2S. The summed E-state index contributed by atoms with van der Waals surface area (Å²) in [4.78, 5) is 6.45. The molecule has 1 rings (SSSR count). The first-order valence-electron chi connectivity index (χ1n) is 7.06. The third-order valence-corrected chi connectivity index (χ3v) is 4.98. The normalized spacial score (nSPS) is 11.9. The van der Waals surface area contributed by atoms with Gasteiger partial charge in [-0.3, -0.25) is 0 Å². The van der Waals surface area contributed by atoms with Crippen molar-refractivity contribution in [3.63, 3.8) is 0 Å². The minimum atomic E-state index is -3.58. The summed E-state index contributed by atoms with van der Waals surface area (Å²) < 4.78 is 28.1. The number of hydrogen-bond donors (Lipinski definition) is 2. The Labute approximate surface area is 135 Å². The van der Waals surface area contributed by atoms with E-state index in [9.17, 15) is 8.42 Å². The molecule has 0 amide bonds. The van der Waals surface area contributed by atoms with Crippen molar-refractivity contribution < 1.29 is 8.42 Å². The van der Waals surface area contributed by atoms with E-state index >= 15 is 0 Å². The van der Waals surface area contributed by atoms with Crippen LogP contribution in [0.25, 0.3) is 0 Å². The van der Waals surface area contributed by atoms with Crippen molar-refractivity contribution in [2.24, 2.45) is 0 Å². The Morgan fingerprint density at radius 1 is 1.29 bits per heavy atom. The van der Waals surface area contributed by atoms with Crippen LogP contribution in [-0.4, -0.2) is 51.0 Å². The molecule has 2 N–H and O–H groups in total. The molecule has 1 heterocycles. The number of sulfonamides is 1. The molecule has 8 heteroatoms. The Morgan fingerprint density at radius 3 is 2.52 bits per heavy atom. The Kier molecular flexibility index (Phi) is 7.58. The van der Waals surface area contributed by atoms with Crippen molar-refractivity contribution in [2.75, 3.05) is 38.0 Å². The Hall–Kier alpha value is -0.700. The van der Waals surface area contributed by atoms with E-state index in [0.29, 0.717) is 29.9 Å². The van der Waals surface area contributed by atoms with Gasteiger partial charge >= 0.3 is 0 Å². The molecule has 21 heavy (non-hydrogen) atoms. The molecule has 0 aliphatic rings. The van der Waals surface area contributed by atoms with Crippen LogP contribution in [0.5, 0.6) is 0 Å². The fourth-order valence-electron chi connectivity index (χ4n) is 1.88. The van der Waals surface area contributed by atoms with Crippen LogP contribution in [0.2, 0.25) is 0 Å². The fourth-order valence-corrected chi connectivity index (χ4v) is 3.54. The Bertz CT molecular complexity index is 547. The zero-order valence-electron chi connectivity index (χ0n) is 12.7. The Balaban J connectivity index is 2.84. The van der Waals surface area contributed by atoms with Gasteiger partial charge in [0.15, 0.2) is 0 Å². The maximum absolute atomic E-state index is 12.4. The molecule has 0 aliphatic carbocycles. The van der Waals surface area contributed by atoms with Gasteiger partial charge in [0.05, 0.1) is 0 Å². The number of rotatable bonds is 9. The van der Waals surface area contributed by atoms with Crippen LogP contribution in [0.4, 0.5) is 5.82 Å². The Morgan fingerprint density at radius 2 is 1.95 bits per heavy atom. The summed E-state index contributed by atoms with van der Waals surface area (Å²) in [5, 5.41) is 2.97. The second-order valence-corrected chi connectivity index (χ2v) is 7.11. The van der Waals surface area contributed by atoms with Crippen LogP contribution < -0.4 is 10.0 Å². The van der Waals surface area contributed by atoms with E-state index in [1.165, 1.54) is 0 Å². The highest BCUT2D eigenvalue weighted by Crippen LogP contribution is 2.22. The molecule has 0 unspecified atom stereocenters. The van der Waals surface area contributed by atoms with Gasteiger partial charge in [-0.1, -0.05) is 13.8 Å². The third-order valence-electron chi connectivity index (χ3n) is 3.07. The molecule has 1 aromatic rings. The standard InChI is InChI=1S/C13H23BrN4O2S/c1-4-15-13-12(9-11(14)10-16-13)21(19,20)17-7-8-18(5-2)6-3/h9-10,17H,4-8H2,1-3H3,(H,15,16). The summed E-state index contributed by atoms with van der Waals surface area (Å²) in [7, 11) is -3.58. The number of nitrogens with one attached hydrogen (secondary N) is 2. The molecule has 0 saturated carbocycles. The van der Waals surface area contributed by atoms with E-state index in [-0.39, 0.29) is 4.90 Å². The van der Waals surface area contributed by atoms with Gasteiger partial charge in [0, 0.05) is 30.3 Å². The van der Waals surface area contributed by atoms with E-state index < -0.39 is 10.0 Å². The summed E-state index contributed by atoms with van der Waals surface area (Å²) in [5.41, 5.74) is 0. The zero-order chi connectivity index (χ0) is 15.9. The minimum absolute atomic E-state index is 0.165. The van der Waals surface area contributed by atoms with Crippen molar-refractivity contribution in [2.45, 2.75) is 25.7 Å². The minimum Gasteiger partial charge on any atom is -0.369 e. The van der Waals surface area contributed by atoms with E-state index in [4.69, 9.17) is 0 Å². The highest BCUT2D eigenvalue weighted by molar-refractivity contribution is 9.10. The van der Waals surface area contributed by atoms with Gasteiger partial charge in [-0.2, -0.15) is 0 Å². The maximum atomic E-state index is 12.4. The molecule has 0 radical (unpaired) electrons. The molecule has 0 atom stereocenters. The molecule has 0 fully saturated rings. The summed E-state index contributed by atoms with van der Waals surface area (Å²) >= 11 is 3.26. The van der Waals surface area contributed by atoms with Crippen LogP contribution in [-0.2, 0) is 10.0 Å². The predicted molar refractivity (Wildman–Crippen MR) is 89.1 cm³/mol. The first kappa shape index (κ1) is 18.3. The van der Waals surface area contributed by atoms with Gasteiger partial charge in [0.2, 0.25) is 10.0 Å². The number of halogens is 1. The zero-order valence-corrected chi connectivity index (χ0v) is 15.1. The summed E-state index contributed by atoms with van der Waals surface area (Å²) in [6.45, 7) is 9.48. The number of nitrogens with zero attached hydrogens (tertiary/aromatic N) is 2. The quantitative estimate of drug-likeness (QED) is 0.686. The fraction of sp³-hybridized carbons (Fsp3) is 0.615. The smallest absolute Gasteiger partial charge is 0.244 e. The summed E-state index contributed by atoms with van der Waals surface area (Å²) in [6, 6.07) is 1.56. The molecule has 0 spiro atoms. The number of pyridine rings is 1. The first-order valence-corrected chi connectivity index (χ1v) is 9.33. The highest BCUT2D eigenvalue weighted by Gasteiger charge is 2.19. The second-order valence-electron chi connectivity index (χ2n) is 4.46. The van der Waals surface area contributed by atoms with Gasteiger partial charge in [0.1, 0.15) is 10.7 Å². The molecule has 0 saturated heterocycles. The number of likely N-dealkylation sites (N-methyl/N-ethyl adjacent to an activating group) is 1. The maximum Gasteiger partial charge on any atom is 0.244 e. The van der Waals surface area contributed by atoms with Crippen molar-refractivity contribution in [1.29, 1.82) is 0 Å². The van der Waals surface area contributed by atoms with Crippen LogP contribution in [0.15, 0.2) is 21.6 Å². The molecule has 0 aliphatic heterocycles. The lowest BCUT2D eigenvalue weighted by atomic mass is 10.4. The molecule has 1 aromatic heterocycles.